The van der Waals surface area contributed by atoms with E-state index in [4.69, 9.17) is 11.6 Å². The fourth-order valence-electron chi connectivity index (χ4n) is 3.73. The van der Waals surface area contributed by atoms with Crippen LogP contribution in [0.4, 0.5) is 5.69 Å². The highest BCUT2D eigenvalue weighted by Gasteiger charge is 2.28. The van der Waals surface area contributed by atoms with Gasteiger partial charge in [-0.1, -0.05) is 29.8 Å². The number of carbonyl (C=O) groups is 2. The van der Waals surface area contributed by atoms with Crippen LogP contribution in [0.25, 0.3) is 0 Å². The fraction of sp³-hybridized carbons (Fsp3) is 0.364. The van der Waals surface area contributed by atoms with E-state index in [1.165, 1.54) is 0 Å². The molecule has 4 rings (SSSR count). The van der Waals surface area contributed by atoms with Crippen LogP contribution >= 0.6 is 11.6 Å². The van der Waals surface area contributed by atoms with Gasteiger partial charge in [-0.25, -0.2) is 0 Å². The third-order valence-electron chi connectivity index (χ3n) is 5.55. The van der Waals surface area contributed by atoms with Crippen molar-refractivity contribution in [2.24, 2.45) is 5.92 Å². The molecule has 2 amide bonds. The van der Waals surface area contributed by atoms with Crippen molar-refractivity contribution in [2.45, 2.75) is 32.9 Å². The van der Waals surface area contributed by atoms with Crippen LogP contribution in [0.15, 0.2) is 49.1 Å². The molecule has 0 unspecified atom stereocenters. The summed E-state index contributed by atoms with van der Waals surface area (Å²) in [5, 5.41) is 12.1. The smallest absolute Gasteiger partial charge is 0.257 e. The Morgan fingerprint density at radius 1 is 1.10 bits per heavy atom. The molecule has 1 aliphatic heterocycles. The summed E-state index contributed by atoms with van der Waals surface area (Å²) in [6.07, 6.45) is 8.07. The van der Waals surface area contributed by atoms with Crippen molar-refractivity contribution in [1.82, 2.24) is 24.5 Å². The first-order chi connectivity index (χ1) is 15.0. The first-order valence-corrected chi connectivity index (χ1v) is 10.8. The maximum absolute atomic E-state index is 12.9. The molecule has 162 valence electrons. The van der Waals surface area contributed by atoms with E-state index < -0.39 is 0 Å². The molecule has 0 atom stereocenters. The van der Waals surface area contributed by atoms with Crippen molar-refractivity contribution >= 4 is 29.1 Å². The zero-order valence-corrected chi connectivity index (χ0v) is 18.1. The lowest BCUT2D eigenvalue weighted by Gasteiger charge is -2.31. The molecule has 2 aromatic heterocycles. The van der Waals surface area contributed by atoms with Crippen molar-refractivity contribution in [1.29, 1.82) is 0 Å². The molecule has 9 heteroatoms. The zero-order chi connectivity index (χ0) is 21.8. The number of anilines is 1. The molecule has 0 aliphatic carbocycles. The third-order valence-corrected chi connectivity index (χ3v) is 5.92. The number of aromatic nitrogens is 4. The van der Waals surface area contributed by atoms with E-state index >= 15 is 0 Å². The van der Waals surface area contributed by atoms with Crippen molar-refractivity contribution in [3.8, 4) is 0 Å². The van der Waals surface area contributed by atoms with E-state index in [9.17, 15) is 9.59 Å². The summed E-state index contributed by atoms with van der Waals surface area (Å²) < 4.78 is 3.48. The molecule has 8 nitrogen and oxygen atoms in total. The number of hydrogen-bond donors (Lipinski definition) is 1. The molecule has 1 aromatic carbocycles. The van der Waals surface area contributed by atoms with Crippen LogP contribution < -0.4 is 5.32 Å². The maximum Gasteiger partial charge on any atom is 0.257 e. The topological polar surface area (TPSA) is 85.0 Å². The fourth-order valence-corrected chi connectivity index (χ4v) is 3.93. The number of hydrogen-bond acceptors (Lipinski definition) is 4. The zero-order valence-electron chi connectivity index (χ0n) is 17.4. The van der Waals surface area contributed by atoms with Crippen molar-refractivity contribution in [2.75, 3.05) is 18.4 Å². The van der Waals surface area contributed by atoms with E-state index in [1.807, 2.05) is 37.4 Å². The lowest BCUT2D eigenvalue weighted by Crippen LogP contribution is -2.41. The second-order valence-corrected chi connectivity index (χ2v) is 8.07. The van der Waals surface area contributed by atoms with Crippen LogP contribution in [0.2, 0.25) is 5.02 Å². The molecule has 1 aliphatic rings. The lowest BCUT2D eigenvalue weighted by atomic mass is 9.95. The summed E-state index contributed by atoms with van der Waals surface area (Å²) in [7, 11) is 0. The summed E-state index contributed by atoms with van der Waals surface area (Å²) in [6.45, 7) is 4.34. The van der Waals surface area contributed by atoms with Crippen molar-refractivity contribution in [3.05, 3.63) is 65.2 Å². The molecule has 0 bridgehead atoms. The summed E-state index contributed by atoms with van der Waals surface area (Å²) >= 11 is 6.21. The normalized spacial score (nSPS) is 14.6. The Morgan fingerprint density at radius 2 is 1.84 bits per heavy atom. The molecule has 1 N–H and O–H groups in total. The standard InChI is InChI=1S/C22H25ClN6O2/c1-2-28-15-19(12-25-28)26-21(30)16-7-9-27(10-8-16)22(31)18-11-24-29(14-18)13-17-5-3-4-6-20(17)23/h3-6,11-12,14-16H,2,7-10,13H2,1H3,(H,26,30). The van der Waals surface area contributed by atoms with Gasteiger partial charge in [-0.05, 0) is 31.4 Å². The minimum atomic E-state index is -0.114. The molecule has 1 fully saturated rings. The highest BCUT2D eigenvalue weighted by molar-refractivity contribution is 6.31. The third kappa shape index (κ3) is 4.96. The van der Waals surface area contributed by atoms with Gasteiger partial charge in [0.05, 0.1) is 30.2 Å². The monoisotopic (exact) mass is 440 g/mol. The van der Waals surface area contributed by atoms with Gasteiger partial charge < -0.3 is 10.2 Å². The predicted molar refractivity (Wildman–Crippen MR) is 118 cm³/mol. The van der Waals surface area contributed by atoms with E-state index in [-0.39, 0.29) is 17.7 Å². The minimum Gasteiger partial charge on any atom is -0.339 e. The number of carbonyl (C=O) groups excluding carboxylic acids is 2. The summed E-state index contributed by atoms with van der Waals surface area (Å²) in [6, 6.07) is 7.58. The van der Waals surface area contributed by atoms with E-state index in [0.717, 1.165) is 12.1 Å². The molecular weight excluding hydrogens is 416 g/mol. The van der Waals surface area contributed by atoms with Crippen LogP contribution in [0.5, 0.6) is 0 Å². The number of likely N-dealkylation sites (tertiary alicyclic amines) is 1. The van der Waals surface area contributed by atoms with Gasteiger partial charge in [-0.3, -0.25) is 19.0 Å². The molecule has 0 saturated carbocycles. The summed E-state index contributed by atoms with van der Waals surface area (Å²) in [5.41, 5.74) is 2.20. The van der Waals surface area contributed by atoms with Gasteiger partial charge in [0.25, 0.3) is 5.91 Å². The highest BCUT2D eigenvalue weighted by atomic mass is 35.5. The Labute approximate surface area is 185 Å². The lowest BCUT2D eigenvalue weighted by molar-refractivity contribution is -0.121. The Hall–Kier alpha value is -3.13. The van der Waals surface area contributed by atoms with Gasteiger partial charge in [0, 0.05) is 43.0 Å². The van der Waals surface area contributed by atoms with Crippen LogP contribution in [0.1, 0.15) is 35.7 Å². The number of halogens is 1. The first-order valence-electron chi connectivity index (χ1n) is 10.4. The minimum absolute atomic E-state index is 0.0182. The Balaban J connectivity index is 1.30. The largest absolute Gasteiger partial charge is 0.339 e. The summed E-state index contributed by atoms with van der Waals surface area (Å²) in [4.78, 5) is 27.2. The van der Waals surface area contributed by atoms with Gasteiger partial charge in [0.2, 0.25) is 5.91 Å². The highest BCUT2D eigenvalue weighted by Crippen LogP contribution is 2.21. The molecular formula is C22H25ClN6O2. The molecule has 31 heavy (non-hydrogen) atoms. The Bertz CT molecular complexity index is 1070. The second kappa shape index (κ2) is 9.34. The molecule has 0 spiro atoms. The average molecular weight is 441 g/mol. The number of aryl methyl sites for hydroxylation is 1. The van der Waals surface area contributed by atoms with Crippen LogP contribution in [-0.4, -0.2) is 49.4 Å². The van der Waals surface area contributed by atoms with Gasteiger partial charge >= 0.3 is 0 Å². The molecule has 0 radical (unpaired) electrons. The summed E-state index contributed by atoms with van der Waals surface area (Å²) in [5.74, 6) is -0.194. The number of piperidine rings is 1. The number of nitrogens with zero attached hydrogens (tertiary/aromatic N) is 5. The molecule has 3 heterocycles. The van der Waals surface area contributed by atoms with Crippen molar-refractivity contribution < 1.29 is 9.59 Å². The van der Waals surface area contributed by atoms with Gasteiger partial charge in [0.1, 0.15) is 0 Å². The maximum atomic E-state index is 12.9. The van der Waals surface area contributed by atoms with Crippen molar-refractivity contribution in [3.63, 3.8) is 0 Å². The van der Waals surface area contributed by atoms with Gasteiger partial charge in [-0.15, -0.1) is 0 Å². The van der Waals surface area contributed by atoms with Gasteiger partial charge in [-0.2, -0.15) is 10.2 Å². The average Bonchev–Trinajstić information content (AvgIpc) is 3.44. The number of benzene rings is 1. The quantitative estimate of drug-likeness (QED) is 0.637. The second-order valence-electron chi connectivity index (χ2n) is 7.66. The molecule has 3 aromatic rings. The van der Waals surface area contributed by atoms with Crippen LogP contribution in [-0.2, 0) is 17.9 Å². The predicted octanol–water partition coefficient (Wildman–Crippen LogP) is 3.29. The molecule has 1 saturated heterocycles. The first kappa shape index (κ1) is 21.1. The Kier molecular flexibility index (Phi) is 6.36. The van der Waals surface area contributed by atoms with E-state index in [2.05, 4.69) is 15.5 Å². The Morgan fingerprint density at radius 3 is 2.55 bits per heavy atom. The van der Waals surface area contributed by atoms with Crippen LogP contribution in [0, 0.1) is 5.92 Å². The number of rotatable bonds is 6. The SMILES string of the molecule is CCn1cc(NC(=O)C2CCN(C(=O)c3cnn(Cc4ccccc4Cl)c3)CC2)cn1. The van der Waals surface area contributed by atoms with E-state index in [0.29, 0.717) is 48.7 Å². The van der Waals surface area contributed by atoms with E-state index in [1.54, 1.807) is 32.9 Å². The number of amides is 2. The van der Waals surface area contributed by atoms with Crippen LogP contribution in [0.3, 0.4) is 0 Å². The van der Waals surface area contributed by atoms with Gasteiger partial charge in [0.15, 0.2) is 0 Å². The number of nitrogens with one attached hydrogen (secondary N) is 1.